The lowest BCUT2D eigenvalue weighted by Crippen LogP contribution is -1.77. The maximum absolute atomic E-state index is 8.54. The van der Waals surface area contributed by atoms with E-state index in [0.29, 0.717) is 0 Å². The molecule has 0 saturated heterocycles. The molecule has 0 atom stereocenters. The highest BCUT2D eigenvalue weighted by atomic mass is 19.0. The predicted molar refractivity (Wildman–Crippen MR) is 49.9 cm³/mol. The van der Waals surface area contributed by atoms with E-state index in [4.69, 9.17) is 5.11 Å². The molecule has 6 heteroatoms. The summed E-state index contributed by atoms with van der Waals surface area (Å²) in [6, 6.07) is 9.52. The fourth-order valence-electron chi connectivity index (χ4n) is 0.583. The van der Waals surface area contributed by atoms with Crippen molar-refractivity contribution in [2.75, 3.05) is 0 Å². The third-order valence-corrected chi connectivity index (χ3v) is 1.03. The molecule has 1 aromatic rings. The fourth-order valence-corrected chi connectivity index (χ4v) is 0.583. The van der Waals surface area contributed by atoms with Gasteiger partial charge in [0.15, 0.2) is 0 Å². The van der Waals surface area contributed by atoms with E-state index in [1.807, 2.05) is 30.3 Å². The van der Waals surface area contributed by atoms with Gasteiger partial charge >= 0.3 is 0 Å². The summed E-state index contributed by atoms with van der Waals surface area (Å²) in [7, 11) is 0. The van der Waals surface area contributed by atoms with Crippen molar-refractivity contribution < 1.29 is 19.2 Å². The first kappa shape index (κ1) is 29.7. The van der Waals surface area contributed by atoms with Crippen molar-refractivity contribution in [1.29, 1.82) is 0 Å². The van der Waals surface area contributed by atoms with Crippen molar-refractivity contribution in [3.8, 4) is 0 Å². The highest BCUT2D eigenvalue weighted by molar-refractivity contribution is 5.12. The molecule has 3 nitrogen and oxygen atoms in total. The molecule has 0 aliphatic rings. The summed E-state index contributed by atoms with van der Waals surface area (Å²) in [5, 5.41) is 8.54. The Labute approximate surface area is 75.0 Å². The Kier molecular flexibility index (Phi) is 39.1. The number of rotatable bonds is 1. The summed E-state index contributed by atoms with van der Waals surface area (Å²) in [6.45, 7) is 0.140. The second kappa shape index (κ2) is 17.1. The van der Waals surface area contributed by atoms with Crippen LogP contribution in [0.5, 0.6) is 0 Å². The molecule has 13 heavy (non-hydrogen) atoms. The zero-order valence-electron chi connectivity index (χ0n) is 7.18. The molecule has 0 bridgehead atoms. The summed E-state index contributed by atoms with van der Waals surface area (Å²) >= 11 is 0. The summed E-state index contributed by atoms with van der Waals surface area (Å²) in [4.78, 5) is 0. The van der Waals surface area contributed by atoms with Crippen LogP contribution in [0.2, 0.25) is 0 Å². The van der Waals surface area contributed by atoms with Crippen LogP contribution >= 0.6 is 0 Å². The summed E-state index contributed by atoms with van der Waals surface area (Å²) < 4.78 is 0. The Morgan fingerprint density at radius 3 is 1.46 bits per heavy atom. The Bertz CT molecular complexity index is 163. The summed E-state index contributed by atoms with van der Waals surface area (Å²) in [6.07, 6.45) is 0. The van der Waals surface area contributed by atoms with Gasteiger partial charge in [0.2, 0.25) is 0 Å². The molecule has 1 rings (SSSR count). The van der Waals surface area contributed by atoms with Gasteiger partial charge < -0.3 is 17.4 Å². The number of aliphatic hydroxyl groups is 1. The maximum atomic E-state index is 8.54. The lowest BCUT2D eigenvalue weighted by molar-refractivity contribution is 0.282. The van der Waals surface area contributed by atoms with Crippen LogP contribution in [0.3, 0.4) is 0 Å². The van der Waals surface area contributed by atoms with E-state index >= 15 is 0 Å². The van der Waals surface area contributed by atoms with Gasteiger partial charge in [-0.15, -0.1) is 0 Å². The van der Waals surface area contributed by atoms with Gasteiger partial charge in [0.25, 0.3) is 0 Å². The van der Waals surface area contributed by atoms with Crippen LogP contribution in [0.1, 0.15) is 5.56 Å². The first-order valence-electron chi connectivity index (χ1n) is 2.58. The zero-order valence-corrected chi connectivity index (χ0v) is 7.18. The molecule has 82 valence electrons. The molecule has 0 amide bonds. The highest BCUT2D eigenvalue weighted by Crippen LogP contribution is 1.95. The summed E-state index contributed by atoms with van der Waals surface area (Å²) in [5.41, 5.74) is 0.965. The molecule has 0 spiro atoms. The third-order valence-electron chi connectivity index (χ3n) is 1.03. The smallest absolute Gasteiger partial charge is 0.0681 e. The van der Waals surface area contributed by atoms with E-state index in [1.165, 1.54) is 0 Å². The lowest BCUT2D eigenvalue weighted by atomic mass is 10.2. The predicted octanol–water partition coefficient (Wildman–Crippen LogP) is 1.96. The molecule has 0 unspecified atom stereocenters. The average Bonchev–Trinajstić information content (AvgIpc) is 1.90. The van der Waals surface area contributed by atoms with Gasteiger partial charge in [-0.25, -0.2) is 0 Å². The van der Waals surface area contributed by atoms with E-state index in [9.17, 15) is 0 Å². The van der Waals surface area contributed by atoms with E-state index in [0.717, 1.165) is 5.56 Å². The third kappa shape index (κ3) is 10.9. The van der Waals surface area contributed by atoms with Gasteiger partial charge in [-0.2, -0.15) is 0 Å². The number of benzene rings is 1. The molecule has 0 saturated carbocycles. The number of halogens is 3. The van der Waals surface area contributed by atoms with Gasteiger partial charge in [-0.05, 0) is 5.56 Å². The van der Waals surface area contributed by atoms with E-state index in [-0.39, 0.29) is 33.0 Å². The molecule has 0 radical (unpaired) electrons. The summed E-state index contributed by atoms with van der Waals surface area (Å²) in [5.74, 6) is 0. The van der Waals surface area contributed by atoms with Crippen LogP contribution in [0.4, 0.5) is 14.1 Å². The zero-order chi connectivity index (χ0) is 5.82. The Morgan fingerprint density at radius 1 is 0.846 bits per heavy atom. The van der Waals surface area contributed by atoms with Crippen molar-refractivity contribution in [3.05, 3.63) is 35.9 Å². The molecule has 0 heterocycles. The van der Waals surface area contributed by atoms with Crippen LogP contribution < -0.4 is 12.3 Å². The minimum absolute atomic E-state index is 0. The van der Waals surface area contributed by atoms with Crippen molar-refractivity contribution in [3.63, 3.8) is 0 Å². The monoisotopic (exact) mass is 202 g/mol. The van der Waals surface area contributed by atoms with Gasteiger partial charge in [-0.1, -0.05) is 30.3 Å². The molecule has 7 N–H and O–H groups in total. The molecule has 0 fully saturated rings. The number of hydrogen-bond acceptors (Lipinski definition) is 3. The van der Waals surface area contributed by atoms with E-state index in [2.05, 4.69) is 0 Å². The Hall–Kier alpha value is -1.11. The lowest BCUT2D eigenvalue weighted by Gasteiger charge is -1.89. The quantitative estimate of drug-likeness (QED) is 0.650. The van der Waals surface area contributed by atoms with Crippen LogP contribution in [-0.2, 0) is 6.61 Å². The molecular formula is C7H17F3N2O. The SMILES string of the molecule is F.F.F.N.N.OCc1ccccc1. The minimum atomic E-state index is 0. The number of aliphatic hydroxyl groups excluding tert-OH is 1. The van der Waals surface area contributed by atoms with E-state index in [1.54, 1.807) is 0 Å². The maximum Gasteiger partial charge on any atom is 0.0681 e. The molecule has 0 aromatic heterocycles. The molecular weight excluding hydrogens is 185 g/mol. The topological polar surface area (TPSA) is 90.2 Å². The van der Waals surface area contributed by atoms with E-state index < -0.39 is 0 Å². The largest absolute Gasteiger partial charge is 0.392 e. The van der Waals surface area contributed by atoms with Crippen LogP contribution in [0, 0.1) is 0 Å². The Balaban J connectivity index is -0.0000000427. The standard InChI is InChI=1S/C7H8O.3FH.2H3N/c8-6-7-4-2-1-3-5-7;;;;;/h1-5,8H,6H2;3*1H;2*1H3. The second-order valence-electron chi connectivity index (χ2n) is 1.64. The molecule has 1 aromatic carbocycles. The van der Waals surface area contributed by atoms with Gasteiger partial charge in [-0.3, -0.25) is 14.1 Å². The van der Waals surface area contributed by atoms with Crippen molar-refractivity contribution >= 4 is 0 Å². The van der Waals surface area contributed by atoms with Crippen molar-refractivity contribution in [2.24, 2.45) is 0 Å². The minimum Gasteiger partial charge on any atom is -0.392 e. The first-order valence-corrected chi connectivity index (χ1v) is 2.58. The highest BCUT2D eigenvalue weighted by Gasteiger charge is 1.81. The first-order chi connectivity index (χ1) is 3.93. The molecule has 0 aliphatic carbocycles. The van der Waals surface area contributed by atoms with Crippen molar-refractivity contribution in [2.45, 2.75) is 6.61 Å². The Morgan fingerprint density at radius 2 is 1.23 bits per heavy atom. The normalized spacial score (nSPS) is 5.62. The average molecular weight is 202 g/mol. The van der Waals surface area contributed by atoms with Crippen LogP contribution in [0.25, 0.3) is 0 Å². The van der Waals surface area contributed by atoms with Gasteiger partial charge in [0, 0.05) is 0 Å². The molecule has 0 aliphatic heterocycles. The van der Waals surface area contributed by atoms with Crippen LogP contribution in [0.15, 0.2) is 30.3 Å². The number of hydrogen-bond donors (Lipinski definition) is 3. The van der Waals surface area contributed by atoms with Gasteiger partial charge in [0.1, 0.15) is 0 Å². The second-order valence-corrected chi connectivity index (χ2v) is 1.64. The fraction of sp³-hybridized carbons (Fsp3) is 0.143. The van der Waals surface area contributed by atoms with Crippen molar-refractivity contribution in [1.82, 2.24) is 12.3 Å². The van der Waals surface area contributed by atoms with Crippen LogP contribution in [-0.4, -0.2) is 5.11 Å². The van der Waals surface area contributed by atoms with Gasteiger partial charge in [0.05, 0.1) is 6.61 Å².